The average molecular weight is 651 g/mol. The molecule has 0 saturated heterocycles. The smallest absolute Gasteiger partial charge is 0.414 e. The highest BCUT2D eigenvalue weighted by Crippen LogP contribution is 2.23. The number of aliphatic hydroxyl groups is 2. The Bertz CT molecular complexity index is 1160. The van der Waals surface area contributed by atoms with E-state index in [2.05, 4.69) is 23.6 Å². The Kier molecular flexibility index (Phi) is 18.8. The molecule has 258 valence electrons. The van der Waals surface area contributed by atoms with E-state index in [0.717, 1.165) is 11.1 Å². The zero-order valence-corrected chi connectivity index (χ0v) is 28.4. The van der Waals surface area contributed by atoms with E-state index >= 15 is 0 Å². The molecule has 0 aliphatic heterocycles. The van der Waals surface area contributed by atoms with Crippen molar-refractivity contribution in [1.29, 1.82) is 0 Å². The van der Waals surface area contributed by atoms with Crippen molar-refractivity contribution in [2.45, 2.75) is 52.0 Å². The van der Waals surface area contributed by atoms with Crippen molar-refractivity contribution in [2.24, 2.45) is 0 Å². The molecule has 0 bridgehead atoms. The van der Waals surface area contributed by atoms with Crippen LogP contribution >= 0.6 is 0 Å². The lowest BCUT2D eigenvalue weighted by Gasteiger charge is -2.21. The quantitative estimate of drug-likeness (QED) is 0.279. The van der Waals surface area contributed by atoms with Crippen LogP contribution in [-0.4, -0.2) is 132 Å². The molecule has 4 N–H and O–H groups in total. The van der Waals surface area contributed by atoms with Gasteiger partial charge >= 0.3 is 24.1 Å². The van der Waals surface area contributed by atoms with Crippen molar-refractivity contribution in [3.8, 4) is 11.5 Å². The lowest BCUT2D eigenvalue weighted by Crippen LogP contribution is -2.39. The van der Waals surface area contributed by atoms with E-state index in [4.69, 9.17) is 29.9 Å². The summed E-state index contributed by atoms with van der Waals surface area (Å²) in [5.74, 6) is -2.36. The second-order valence-electron chi connectivity index (χ2n) is 10.8. The van der Waals surface area contributed by atoms with Gasteiger partial charge in [0, 0.05) is 39.3 Å². The number of carbonyl (C=O) groups is 4. The Morgan fingerprint density at radius 1 is 0.630 bits per heavy atom. The number of rotatable bonds is 11. The van der Waals surface area contributed by atoms with Crippen LogP contribution in [0.5, 0.6) is 11.5 Å². The third-order valence-corrected chi connectivity index (χ3v) is 7.02. The number of nitrogens with zero attached hydrogens (tertiary/aromatic N) is 4. The molecule has 0 spiro atoms. The topological polar surface area (TPSA) is 181 Å². The van der Waals surface area contributed by atoms with Crippen molar-refractivity contribution in [1.82, 2.24) is 19.6 Å². The SMILES string of the molecule is CCN(C)C(=O)Oc1cccc([C@H](C)N(C)C)c1.CCN(C)C(=O)Oc1cccc([C@H](C)N(C)C)c1.O=C(O)[C@H](O)[C@@H](O)C(=O)O. The number of ether oxygens (including phenoxy) is 2. The predicted octanol–water partition coefficient (Wildman–Crippen LogP) is 3.40. The van der Waals surface area contributed by atoms with E-state index < -0.39 is 24.1 Å². The van der Waals surface area contributed by atoms with Crippen LogP contribution in [-0.2, 0) is 9.59 Å². The van der Waals surface area contributed by atoms with Crippen molar-refractivity contribution >= 4 is 24.1 Å². The van der Waals surface area contributed by atoms with Crippen LogP contribution < -0.4 is 9.47 Å². The minimum absolute atomic E-state index is 0.285. The van der Waals surface area contributed by atoms with Crippen molar-refractivity contribution in [2.75, 3.05) is 55.4 Å². The summed E-state index contributed by atoms with van der Waals surface area (Å²) >= 11 is 0. The van der Waals surface area contributed by atoms with Crippen molar-refractivity contribution in [3.63, 3.8) is 0 Å². The molecule has 2 aromatic rings. The molecule has 0 fully saturated rings. The Morgan fingerprint density at radius 2 is 0.935 bits per heavy atom. The van der Waals surface area contributed by atoms with Gasteiger partial charge in [0.2, 0.25) is 0 Å². The third-order valence-electron chi connectivity index (χ3n) is 7.02. The molecule has 0 saturated carbocycles. The normalized spacial score (nSPS) is 13.1. The van der Waals surface area contributed by atoms with E-state index in [0.29, 0.717) is 24.6 Å². The molecule has 0 unspecified atom stereocenters. The number of hydrogen-bond donors (Lipinski definition) is 4. The third kappa shape index (κ3) is 14.7. The molecule has 2 rings (SSSR count). The minimum Gasteiger partial charge on any atom is -0.479 e. The second kappa shape index (κ2) is 20.7. The van der Waals surface area contributed by atoms with E-state index in [1.54, 1.807) is 26.2 Å². The first kappa shape index (κ1) is 41.8. The molecule has 0 aromatic heterocycles. The van der Waals surface area contributed by atoms with Gasteiger partial charge in [0.05, 0.1) is 0 Å². The molecular weight excluding hydrogens is 600 g/mol. The highest BCUT2D eigenvalue weighted by molar-refractivity contribution is 5.83. The van der Waals surface area contributed by atoms with Gasteiger partial charge in [0.25, 0.3) is 0 Å². The largest absolute Gasteiger partial charge is 0.479 e. The molecule has 0 aliphatic carbocycles. The Labute approximate surface area is 271 Å². The maximum absolute atomic E-state index is 11.7. The summed E-state index contributed by atoms with van der Waals surface area (Å²) in [6, 6.07) is 15.9. The summed E-state index contributed by atoms with van der Waals surface area (Å²) in [7, 11) is 11.5. The average Bonchev–Trinajstić information content (AvgIpc) is 3.02. The second-order valence-corrected chi connectivity index (χ2v) is 10.8. The van der Waals surface area contributed by atoms with Crippen LogP contribution in [0.1, 0.15) is 50.9 Å². The summed E-state index contributed by atoms with van der Waals surface area (Å²) in [4.78, 5) is 50.1. The molecule has 46 heavy (non-hydrogen) atoms. The van der Waals surface area contributed by atoms with Crippen LogP contribution in [0.25, 0.3) is 0 Å². The van der Waals surface area contributed by atoms with Gasteiger partial charge in [0.15, 0.2) is 12.2 Å². The first-order chi connectivity index (χ1) is 21.4. The van der Waals surface area contributed by atoms with Crippen molar-refractivity contribution < 1.29 is 49.1 Å². The summed E-state index contributed by atoms with van der Waals surface area (Å²) in [5.41, 5.74) is 2.26. The number of aliphatic hydroxyl groups excluding tert-OH is 2. The highest BCUT2D eigenvalue weighted by Gasteiger charge is 2.29. The fourth-order valence-corrected chi connectivity index (χ4v) is 3.16. The number of carboxylic acid groups (broad SMARTS) is 2. The zero-order chi connectivity index (χ0) is 35.7. The molecule has 14 nitrogen and oxygen atoms in total. The minimum atomic E-state index is -2.27. The van der Waals surface area contributed by atoms with Crippen LogP contribution in [0.15, 0.2) is 48.5 Å². The monoisotopic (exact) mass is 650 g/mol. The number of benzene rings is 2. The fourth-order valence-electron chi connectivity index (χ4n) is 3.16. The number of amides is 2. The lowest BCUT2D eigenvalue weighted by atomic mass is 10.1. The summed E-state index contributed by atoms with van der Waals surface area (Å²) in [6.07, 6.45) is -5.19. The van der Waals surface area contributed by atoms with Crippen LogP contribution in [0.3, 0.4) is 0 Å². The van der Waals surface area contributed by atoms with Gasteiger partial charge in [-0.15, -0.1) is 0 Å². The predicted molar refractivity (Wildman–Crippen MR) is 173 cm³/mol. The standard InChI is InChI=1S/2C14H22N2O2.C4H6O6/c2*1-6-16(5)14(17)18-13-9-7-8-12(10-13)11(2)15(3)4;5-1(3(7)8)2(6)4(9)10/h2*7-11H,6H2,1-5H3;1-2,5-6H,(H,7,8)(H,9,10)/t2*11-;1-,2-/m001/s1. The molecule has 0 heterocycles. The number of carboxylic acids is 2. The first-order valence-corrected chi connectivity index (χ1v) is 14.6. The number of aliphatic carboxylic acids is 2. The van der Waals surface area contributed by atoms with Gasteiger partial charge in [-0.25, -0.2) is 19.2 Å². The summed E-state index contributed by atoms with van der Waals surface area (Å²) < 4.78 is 10.6. The van der Waals surface area contributed by atoms with Gasteiger partial charge in [-0.2, -0.15) is 0 Å². The first-order valence-electron chi connectivity index (χ1n) is 14.6. The fraction of sp³-hybridized carbons (Fsp3) is 0.500. The summed E-state index contributed by atoms with van der Waals surface area (Å²) in [6.45, 7) is 9.30. The Balaban J connectivity index is 0.000000691. The van der Waals surface area contributed by atoms with Crippen LogP contribution in [0.4, 0.5) is 9.59 Å². The Hall–Kier alpha value is -4.24. The molecule has 2 amide bonds. The van der Waals surface area contributed by atoms with E-state index in [1.165, 1.54) is 9.80 Å². The van der Waals surface area contributed by atoms with E-state index in [9.17, 15) is 19.2 Å². The molecule has 4 atom stereocenters. The molecule has 0 radical (unpaired) electrons. The molecule has 0 aliphatic rings. The molecular formula is C32H50N4O10. The van der Waals surface area contributed by atoms with E-state index in [-0.39, 0.29) is 24.3 Å². The maximum atomic E-state index is 11.7. The highest BCUT2D eigenvalue weighted by atomic mass is 16.6. The lowest BCUT2D eigenvalue weighted by molar-refractivity contribution is -0.165. The maximum Gasteiger partial charge on any atom is 0.414 e. The zero-order valence-electron chi connectivity index (χ0n) is 28.4. The Morgan fingerprint density at radius 3 is 1.17 bits per heavy atom. The number of hydrogen-bond acceptors (Lipinski definition) is 10. The van der Waals surface area contributed by atoms with Gasteiger partial charge in [-0.1, -0.05) is 24.3 Å². The van der Waals surface area contributed by atoms with Gasteiger partial charge in [-0.05, 0) is 91.3 Å². The van der Waals surface area contributed by atoms with Gasteiger partial charge in [0.1, 0.15) is 11.5 Å². The van der Waals surface area contributed by atoms with Gasteiger partial charge in [-0.3, -0.25) is 0 Å². The van der Waals surface area contributed by atoms with Crippen molar-refractivity contribution in [3.05, 3.63) is 59.7 Å². The number of carbonyl (C=O) groups excluding carboxylic acids is 2. The van der Waals surface area contributed by atoms with Gasteiger partial charge < -0.3 is 49.5 Å². The summed E-state index contributed by atoms with van der Waals surface area (Å²) in [5, 5.41) is 32.5. The van der Waals surface area contributed by atoms with Crippen LogP contribution in [0, 0.1) is 0 Å². The molecule has 14 heteroatoms. The van der Waals surface area contributed by atoms with E-state index in [1.807, 2.05) is 78.4 Å². The molecule has 2 aromatic carbocycles. The van der Waals surface area contributed by atoms with Crippen LogP contribution in [0.2, 0.25) is 0 Å².